The highest BCUT2D eigenvalue weighted by atomic mass is 32.2. The van der Waals surface area contributed by atoms with Gasteiger partial charge in [0.15, 0.2) is 0 Å². The second kappa shape index (κ2) is 8.66. The number of carbonyl (C=O) groups excluding carboxylic acids is 1. The molecule has 1 aliphatic carbocycles. The van der Waals surface area contributed by atoms with Crippen molar-refractivity contribution in [3.8, 4) is 5.69 Å². The number of hydrogen-bond acceptors (Lipinski definition) is 5. The van der Waals surface area contributed by atoms with Crippen LogP contribution in [0.25, 0.3) is 5.69 Å². The molecule has 1 aromatic heterocycles. The van der Waals surface area contributed by atoms with E-state index in [9.17, 15) is 4.79 Å². The number of carbonyl (C=O) groups is 1. The summed E-state index contributed by atoms with van der Waals surface area (Å²) >= 11 is 1.41. The summed E-state index contributed by atoms with van der Waals surface area (Å²) in [6.45, 7) is 6.99. The highest BCUT2D eigenvalue weighted by Crippen LogP contribution is 2.25. The van der Waals surface area contributed by atoms with Crippen LogP contribution < -0.4 is 0 Å². The van der Waals surface area contributed by atoms with Crippen LogP contribution in [0.5, 0.6) is 0 Å². The van der Waals surface area contributed by atoms with Crippen molar-refractivity contribution in [2.75, 3.05) is 12.3 Å². The van der Waals surface area contributed by atoms with E-state index in [1.807, 2.05) is 11.0 Å². The summed E-state index contributed by atoms with van der Waals surface area (Å²) in [7, 11) is 0. The third kappa shape index (κ3) is 4.26. The zero-order valence-electron chi connectivity index (χ0n) is 15.8. The minimum Gasteiger partial charge on any atom is -0.339 e. The maximum Gasteiger partial charge on any atom is 0.233 e. The molecule has 140 valence electrons. The molecule has 1 amide bonds. The second-order valence-electron chi connectivity index (χ2n) is 6.90. The second-order valence-corrected chi connectivity index (χ2v) is 7.84. The van der Waals surface area contributed by atoms with Gasteiger partial charge in [0.2, 0.25) is 11.1 Å². The standard InChI is InChI=1S/C19H27N5OS/c1-4-23(16-8-6-5-7-9-16)18(25)13-26-19-20-21-22-24(19)17-11-10-14(2)15(3)12-17/h10-12,16H,4-9,13H2,1-3H3. The lowest BCUT2D eigenvalue weighted by Gasteiger charge is -2.33. The lowest BCUT2D eigenvalue weighted by molar-refractivity contribution is -0.131. The Labute approximate surface area is 159 Å². The van der Waals surface area contributed by atoms with Gasteiger partial charge in [0.25, 0.3) is 0 Å². The minimum absolute atomic E-state index is 0.180. The van der Waals surface area contributed by atoms with E-state index in [1.54, 1.807) is 4.68 Å². The van der Waals surface area contributed by atoms with Gasteiger partial charge in [-0.15, -0.1) is 5.10 Å². The van der Waals surface area contributed by atoms with Crippen molar-refractivity contribution in [1.29, 1.82) is 0 Å². The Bertz CT molecular complexity index is 754. The molecule has 3 rings (SSSR count). The molecular weight excluding hydrogens is 346 g/mol. The molecule has 0 bridgehead atoms. The molecule has 0 unspecified atom stereocenters. The maximum atomic E-state index is 12.7. The SMILES string of the molecule is CCN(C(=O)CSc1nnnn1-c1ccc(C)c(C)c1)C1CCCCC1. The molecule has 7 heteroatoms. The number of rotatable bonds is 6. The zero-order valence-corrected chi connectivity index (χ0v) is 16.6. The minimum atomic E-state index is 0.180. The van der Waals surface area contributed by atoms with E-state index < -0.39 is 0 Å². The number of tetrazole rings is 1. The van der Waals surface area contributed by atoms with Gasteiger partial charge in [-0.25, -0.2) is 0 Å². The lowest BCUT2D eigenvalue weighted by atomic mass is 9.94. The van der Waals surface area contributed by atoms with E-state index in [0.717, 1.165) is 25.1 Å². The first-order chi connectivity index (χ1) is 12.6. The van der Waals surface area contributed by atoms with Gasteiger partial charge >= 0.3 is 0 Å². The smallest absolute Gasteiger partial charge is 0.233 e. The van der Waals surface area contributed by atoms with Gasteiger partial charge in [-0.1, -0.05) is 37.1 Å². The maximum absolute atomic E-state index is 12.7. The molecule has 1 saturated carbocycles. The van der Waals surface area contributed by atoms with Crippen LogP contribution in [0.4, 0.5) is 0 Å². The number of hydrogen-bond donors (Lipinski definition) is 0. The Kier molecular flexibility index (Phi) is 6.29. The molecule has 0 radical (unpaired) electrons. The summed E-state index contributed by atoms with van der Waals surface area (Å²) in [6, 6.07) is 6.54. The Morgan fingerprint density at radius 3 is 2.69 bits per heavy atom. The van der Waals surface area contributed by atoms with Crippen LogP contribution in [0, 0.1) is 13.8 Å². The summed E-state index contributed by atoms with van der Waals surface area (Å²) in [5.74, 6) is 0.550. The van der Waals surface area contributed by atoms with Gasteiger partial charge < -0.3 is 4.90 Å². The van der Waals surface area contributed by atoms with Crippen molar-refractivity contribution in [1.82, 2.24) is 25.1 Å². The third-order valence-electron chi connectivity index (χ3n) is 5.18. The Morgan fingerprint density at radius 1 is 1.23 bits per heavy atom. The van der Waals surface area contributed by atoms with E-state index in [-0.39, 0.29) is 5.91 Å². The van der Waals surface area contributed by atoms with Crippen LogP contribution in [0.2, 0.25) is 0 Å². The fourth-order valence-corrected chi connectivity index (χ4v) is 4.31. The van der Waals surface area contributed by atoms with Crippen LogP contribution >= 0.6 is 11.8 Å². The number of thioether (sulfide) groups is 1. The van der Waals surface area contributed by atoms with E-state index in [0.29, 0.717) is 17.0 Å². The normalized spacial score (nSPS) is 15.2. The van der Waals surface area contributed by atoms with Crippen molar-refractivity contribution < 1.29 is 4.79 Å². The molecule has 6 nitrogen and oxygen atoms in total. The van der Waals surface area contributed by atoms with Gasteiger partial charge in [0.1, 0.15) is 0 Å². The summed E-state index contributed by atoms with van der Waals surface area (Å²) < 4.78 is 1.71. The van der Waals surface area contributed by atoms with Gasteiger partial charge in [0, 0.05) is 12.6 Å². The molecular formula is C19H27N5OS. The molecule has 2 aromatic rings. The predicted molar refractivity (Wildman–Crippen MR) is 104 cm³/mol. The molecule has 0 atom stereocenters. The van der Waals surface area contributed by atoms with Crippen molar-refractivity contribution in [2.24, 2.45) is 0 Å². The quantitative estimate of drug-likeness (QED) is 0.725. The average molecular weight is 374 g/mol. The molecule has 0 spiro atoms. The van der Waals surface area contributed by atoms with E-state index in [4.69, 9.17) is 0 Å². The van der Waals surface area contributed by atoms with E-state index in [1.165, 1.54) is 42.2 Å². The summed E-state index contributed by atoms with van der Waals surface area (Å²) in [4.78, 5) is 14.8. The summed E-state index contributed by atoms with van der Waals surface area (Å²) in [5, 5.41) is 12.7. The van der Waals surface area contributed by atoms with Crippen molar-refractivity contribution in [2.45, 2.75) is 64.1 Å². The topological polar surface area (TPSA) is 63.9 Å². The number of aromatic nitrogens is 4. The largest absolute Gasteiger partial charge is 0.339 e. The lowest BCUT2D eigenvalue weighted by Crippen LogP contribution is -2.42. The van der Waals surface area contributed by atoms with Crippen molar-refractivity contribution in [3.63, 3.8) is 0 Å². The molecule has 1 heterocycles. The molecule has 0 aliphatic heterocycles. The molecule has 26 heavy (non-hydrogen) atoms. The first kappa shape index (κ1) is 18.9. The van der Waals surface area contributed by atoms with E-state index >= 15 is 0 Å². The first-order valence-corrected chi connectivity index (χ1v) is 10.4. The van der Waals surface area contributed by atoms with E-state index in [2.05, 4.69) is 48.4 Å². The molecule has 1 fully saturated rings. The van der Waals surface area contributed by atoms with Gasteiger partial charge in [-0.3, -0.25) is 4.79 Å². The first-order valence-electron chi connectivity index (χ1n) is 9.38. The van der Waals surface area contributed by atoms with Crippen molar-refractivity contribution in [3.05, 3.63) is 29.3 Å². The highest BCUT2D eigenvalue weighted by molar-refractivity contribution is 7.99. The van der Waals surface area contributed by atoms with Gasteiger partial charge in [-0.2, -0.15) is 4.68 Å². The third-order valence-corrected chi connectivity index (χ3v) is 6.08. The number of aryl methyl sites for hydroxylation is 2. The van der Waals surface area contributed by atoms with Gasteiger partial charge in [0.05, 0.1) is 11.4 Å². The monoisotopic (exact) mass is 373 g/mol. The Hall–Kier alpha value is -1.89. The summed E-state index contributed by atoms with van der Waals surface area (Å²) in [5.41, 5.74) is 3.35. The van der Waals surface area contributed by atoms with Gasteiger partial charge in [-0.05, 0) is 67.3 Å². The van der Waals surface area contributed by atoms with Crippen LogP contribution in [-0.2, 0) is 4.79 Å². The molecule has 0 N–H and O–H groups in total. The Balaban J connectivity index is 1.67. The fraction of sp³-hybridized carbons (Fsp3) is 0.579. The number of nitrogens with zero attached hydrogens (tertiary/aromatic N) is 5. The zero-order chi connectivity index (χ0) is 18.5. The van der Waals surface area contributed by atoms with Crippen LogP contribution in [0.1, 0.15) is 50.2 Å². The van der Waals surface area contributed by atoms with Crippen LogP contribution in [-0.4, -0.2) is 49.4 Å². The van der Waals surface area contributed by atoms with Crippen molar-refractivity contribution >= 4 is 17.7 Å². The number of amides is 1. The highest BCUT2D eigenvalue weighted by Gasteiger charge is 2.24. The molecule has 1 aliphatic rings. The number of benzene rings is 1. The molecule has 0 saturated heterocycles. The predicted octanol–water partition coefficient (Wildman–Crippen LogP) is 3.55. The summed E-state index contributed by atoms with van der Waals surface area (Å²) in [6.07, 6.45) is 6.01. The fourth-order valence-electron chi connectivity index (χ4n) is 3.53. The Morgan fingerprint density at radius 2 is 2.00 bits per heavy atom. The van der Waals surface area contributed by atoms with Crippen LogP contribution in [0.3, 0.4) is 0 Å². The average Bonchev–Trinajstić information content (AvgIpc) is 3.12. The van der Waals surface area contributed by atoms with Crippen LogP contribution in [0.15, 0.2) is 23.4 Å². The molecule has 1 aromatic carbocycles.